The van der Waals surface area contributed by atoms with E-state index in [0.717, 1.165) is 50.1 Å². The molecule has 0 N–H and O–H groups in total. The van der Waals surface area contributed by atoms with Gasteiger partial charge in [-0.05, 0) is 132 Å². The fourth-order valence-electron chi connectivity index (χ4n) is 12.0. The molecule has 2 nitrogen and oxygen atoms in total. The van der Waals surface area contributed by atoms with Crippen molar-refractivity contribution in [2.24, 2.45) is 0 Å². The third-order valence-corrected chi connectivity index (χ3v) is 20.8. The van der Waals surface area contributed by atoms with Crippen molar-refractivity contribution in [3.05, 3.63) is 93.5 Å². The van der Waals surface area contributed by atoms with Crippen LogP contribution in [-0.2, 0) is 0 Å². The SMILES string of the molecule is Cc1cc(C)c(N2CCN(c3c(C)cc(C)cc3C)C2C2(P(=Cc3ccccc3)(C3CCCCC3)C3CCCCC3)CCC(Cl)(Cl)CC2)c(C)c1. The first-order valence-corrected chi connectivity index (χ1v) is 23.1. The first-order chi connectivity index (χ1) is 24.5. The first kappa shape index (κ1) is 37.5. The molecule has 7 rings (SSSR count). The van der Waals surface area contributed by atoms with Crippen LogP contribution in [0, 0.1) is 41.5 Å². The Labute approximate surface area is 320 Å². The van der Waals surface area contributed by atoms with Gasteiger partial charge in [0.25, 0.3) is 0 Å². The molecule has 1 aliphatic heterocycles. The highest BCUT2D eigenvalue weighted by Gasteiger charge is 2.62. The molecule has 0 unspecified atom stereocenters. The van der Waals surface area contributed by atoms with E-state index in [1.165, 1.54) is 115 Å². The molecule has 0 amide bonds. The van der Waals surface area contributed by atoms with Crippen LogP contribution in [0.3, 0.4) is 0 Å². The van der Waals surface area contributed by atoms with Crippen LogP contribution in [0.25, 0.3) is 0 Å². The van der Waals surface area contributed by atoms with E-state index in [2.05, 4.69) is 112 Å². The molecular weight excluding hydrogens is 682 g/mol. The molecule has 0 aromatic heterocycles. The van der Waals surface area contributed by atoms with Gasteiger partial charge in [-0.25, -0.2) is 0 Å². The van der Waals surface area contributed by atoms with E-state index in [1.54, 1.807) is 0 Å². The zero-order chi connectivity index (χ0) is 36.0. The average molecular weight is 746 g/mol. The van der Waals surface area contributed by atoms with Crippen molar-refractivity contribution in [3.63, 3.8) is 0 Å². The van der Waals surface area contributed by atoms with Crippen LogP contribution in [0.2, 0.25) is 0 Å². The molecule has 3 aromatic carbocycles. The smallest absolute Gasteiger partial charge is 0.118 e. The van der Waals surface area contributed by atoms with Gasteiger partial charge in [0.05, 0.1) is 0 Å². The summed E-state index contributed by atoms with van der Waals surface area (Å²) in [4.78, 5) is 5.88. The Morgan fingerprint density at radius 3 is 1.41 bits per heavy atom. The van der Waals surface area contributed by atoms with Gasteiger partial charge in [-0.15, -0.1) is 23.2 Å². The number of hydrogen-bond donors (Lipinski definition) is 0. The molecule has 1 saturated heterocycles. The number of aryl methyl sites for hydroxylation is 6. The Balaban J connectivity index is 1.59. The second-order valence-corrected chi connectivity index (χ2v) is 23.1. The molecule has 4 aliphatic rings. The lowest BCUT2D eigenvalue weighted by molar-refractivity contribution is 0.315. The van der Waals surface area contributed by atoms with E-state index in [9.17, 15) is 0 Å². The van der Waals surface area contributed by atoms with Crippen molar-refractivity contribution in [2.45, 2.75) is 158 Å². The third-order valence-electron chi connectivity index (χ3n) is 13.6. The summed E-state index contributed by atoms with van der Waals surface area (Å²) in [5, 5.41) is 0.0458. The summed E-state index contributed by atoms with van der Waals surface area (Å²) in [6.45, 7) is 14.2. The van der Waals surface area contributed by atoms with Crippen LogP contribution in [-0.4, -0.2) is 45.9 Å². The Morgan fingerprint density at radius 2 is 1.00 bits per heavy atom. The predicted octanol–water partition coefficient (Wildman–Crippen LogP) is 13.2. The number of halogens is 2. The van der Waals surface area contributed by atoms with E-state index < -0.39 is 11.2 Å². The zero-order valence-corrected chi connectivity index (χ0v) is 34.8. The fraction of sp³-hybridized carbons (Fsp3) is 0.587. The van der Waals surface area contributed by atoms with Gasteiger partial charge in [0.2, 0.25) is 0 Å². The standard InChI is InChI=1S/C46H63Cl2N2P/c1-33-28-35(3)42(36(4)29-33)49-26-27-50(43-37(5)30-34(2)31-38(43)6)44(49)45(22-24-46(47,48)25-23-45)51(40-18-12-8-13-19-40,41-20-14-9-15-21-41)32-39-16-10-7-11-17-39/h7,10-11,16-17,28-32,40-41,44H,8-9,12-15,18-27H2,1-6H3. The lowest BCUT2D eigenvalue weighted by Gasteiger charge is -2.63. The highest BCUT2D eigenvalue weighted by atomic mass is 35.5. The van der Waals surface area contributed by atoms with Crippen LogP contribution in [0.15, 0.2) is 54.6 Å². The fourth-order valence-corrected chi connectivity index (χ4v) is 19.9. The van der Waals surface area contributed by atoms with E-state index in [4.69, 9.17) is 23.2 Å². The van der Waals surface area contributed by atoms with Crippen LogP contribution < -0.4 is 9.80 Å². The molecule has 276 valence electrons. The van der Waals surface area contributed by atoms with Crippen molar-refractivity contribution in [2.75, 3.05) is 22.9 Å². The van der Waals surface area contributed by atoms with E-state index >= 15 is 0 Å². The summed E-state index contributed by atoms with van der Waals surface area (Å²) in [5.41, 5.74) is 14.3. The lowest BCUT2D eigenvalue weighted by Crippen LogP contribution is -2.61. The van der Waals surface area contributed by atoms with Gasteiger partial charge < -0.3 is 9.80 Å². The normalized spacial score (nSPS) is 22.0. The maximum Gasteiger partial charge on any atom is 0.118 e. The van der Waals surface area contributed by atoms with Crippen LogP contribution >= 0.6 is 30.1 Å². The van der Waals surface area contributed by atoms with Gasteiger partial charge in [0.15, 0.2) is 0 Å². The maximum atomic E-state index is 7.27. The number of nitrogens with zero attached hydrogens (tertiary/aromatic N) is 2. The summed E-state index contributed by atoms with van der Waals surface area (Å²) in [7, 11) is 0. The molecule has 4 fully saturated rings. The molecule has 0 atom stereocenters. The lowest BCUT2D eigenvalue weighted by atomic mass is 9.83. The molecule has 0 bridgehead atoms. The molecule has 0 radical (unpaired) electrons. The molecule has 3 saturated carbocycles. The minimum absolute atomic E-state index is 0.0458. The molecular formula is C46H63Cl2N2P. The van der Waals surface area contributed by atoms with Crippen molar-refractivity contribution >= 4 is 47.3 Å². The monoisotopic (exact) mass is 744 g/mol. The third kappa shape index (κ3) is 6.98. The number of alkyl halides is 2. The Morgan fingerprint density at radius 1 is 0.588 bits per heavy atom. The molecule has 51 heavy (non-hydrogen) atoms. The van der Waals surface area contributed by atoms with Gasteiger partial charge in [-0.3, -0.25) is 0 Å². The van der Waals surface area contributed by atoms with Crippen molar-refractivity contribution < 1.29 is 0 Å². The van der Waals surface area contributed by atoms with Crippen LogP contribution in [0.4, 0.5) is 11.4 Å². The summed E-state index contributed by atoms with van der Waals surface area (Å²) >= 11 is 14.5. The van der Waals surface area contributed by atoms with Gasteiger partial charge >= 0.3 is 0 Å². The summed E-state index contributed by atoms with van der Waals surface area (Å²) in [6, 6.07) is 21.4. The number of anilines is 2. The Kier molecular flexibility index (Phi) is 11.1. The molecule has 5 heteroatoms. The van der Waals surface area contributed by atoms with Gasteiger partial charge in [-0.1, -0.05) is 117 Å². The van der Waals surface area contributed by atoms with Gasteiger partial charge in [-0.2, -0.15) is 0 Å². The molecule has 3 aromatic rings. The summed E-state index contributed by atoms with van der Waals surface area (Å²) in [6.07, 6.45) is 17.9. The van der Waals surface area contributed by atoms with Crippen LogP contribution in [0.1, 0.15) is 129 Å². The van der Waals surface area contributed by atoms with Gasteiger partial charge in [0.1, 0.15) is 10.5 Å². The number of rotatable bonds is 7. The van der Waals surface area contributed by atoms with Crippen LogP contribution in [0.5, 0.6) is 0 Å². The summed E-state index contributed by atoms with van der Waals surface area (Å²) in [5.74, 6) is 3.01. The number of benzene rings is 3. The van der Waals surface area contributed by atoms with E-state index in [1.807, 2.05) is 0 Å². The second kappa shape index (κ2) is 15.1. The molecule has 1 heterocycles. The first-order valence-electron chi connectivity index (χ1n) is 20.3. The van der Waals surface area contributed by atoms with Crippen molar-refractivity contribution in [3.8, 4) is 0 Å². The molecule has 3 aliphatic carbocycles. The van der Waals surface area contributed by atoms with Crippen molar-refractivity contribution in [1.29, 1.82) is 0 Å². The minimum atomic E-state index is -1.90. The molecule has 0 spiro atoms. The minimum Gasteiger partial charge on any atom is -0.348 e. The highest BCUT2D eigenvalue weighted by Crippen LogP contribution is 2.77. The topological polar surface area (TPSA) is 6.48 Å². The van der Waals surface area contributed by atoms with E-state index in [0.29, 0.717) is 0 Å². The highest BCUT2D eigenvalue weighted by molar-refractivity contribution is 7.78. The Bertz CT molecular complexity index is 1610. The van der Waals surface area contributed by atoms with Gasteiger partial charge in [0, 0.05) is 29.6 Å². The quantitative estimate of drug-likeness (QED) is 0.176. The van der Waals surface area contributed by atoms with E-state index in [-0.39, 0.29) is 11.3 Å². The second-order valence-electron chi connectivity index (χ2n) is 17.2. The summed E-state index contributed by atoms with van der Waals surface area (Å²) < 4.78 is -0.662. The van der Waals surface area contributed by atoms with Crippen molar-refractivity contribution in [1.82, 2.24) is 0 Å². The number of hydrogen-bond acceptors (Lipinski definition) is 2. The largest absolute Gasteiger partial charge is 0.348 e. The predicted molar refractivity (Wildman–Crippen MR) is 228 cm³/mol. The average Bonchev–Trinajstić information content (AvgIpc) is 3.52. The Hall–Kier alpha value is -1.86. The maximum absolute atomic E-state index is 7.27. The zero-order valence-electron chi connectivity index (χ0n) is 32.4.